The summed E-state index contributed by atoms with van der Waals surface area (Å²) in [6, 6.07) is 9.89. The van der Waals surface area contributed by atoms with Gasteiger partial charge < -0.3 is 10.1 Å². The van der Waals surface area contributed by atoms with E-state index >= 15 is 0 Å². The van der Waals surface area contributed by atoms with Crippen molar-refractivity contribution in [2.45, 2.75) is 59.8 Å². The predicted molar refractivity (Wildman–Crippen MR) is 130 cm³/mol. The van der Waals surface area contributed by atoms with Crippen molar-refractivity contribution in [3.05, 3.63) is 71.4 Å². The molecule has 0 spiro atoms. The maximum Gasteiger partial charge on any atom is 0.145 e. The fourth-order valence-corrected chi connectivity index (χ4v) is 4.20. The van der Waals surface area contributed by atoms with Crippen LogP contribution in [0.2, 0.25) is 0 Å². The van der Waals surface area contributed by atoms with Gasteiger partial charge in [0, 0.05) is 23.9 Å². The highest BCUT2D eigenvalue weighted by Gasteiger charge is 2.25. The second-order valence-corrected chi connectivity index (χ2v) is 8.60. The van der Waals surface area contributed by atoms with E-state index in [0.29, 0.717) is 0 Å². The quantitative estimate of drug-likeness (QED) is 0.388. The summed E-state index contributed by atoms with van der Waals surface area (Å²) in [6.07, 6.45) is 10.6. The number of aryl methyl sites for hydroxylation is 1. The molecule has 1 atom stereocenters. The molecule has 5 nitrogen and oxygen atoms in total. The van der Waals surface area contributed by atoms with Crippen molar-refractivity contribution in [1.82, 2.24) is 15.0 Å². The molecule has 0 amide bonds. The number of fused-ring (bicyclic) bond motifs is 1. The third-order valence-electron chi connectivity index (χ3n) is 6.35. The van der Waals surface area contributed by atoms with Gasteiger partial charge in [0.2, 0.25) is 0 Å². The molecule has 4 rings (SSSR count). The van der Waals surface area contributed by atoms with Crippen molar-refractivity contribution in [2.24, 2.45) is 5.92 Å². The topological polar surface area (TPSA) is 59.9 Å². The Labute approximate surface area is 191 Å². The van der Waals surface area contributed by atoms with Gasteiger partial charge >= 0.3 is 0 Å². The summed E-state index contributed by atoms with van der Waals surface area (Å²) in [5.41, 5.74) is 7.34. The second-order valence-electron chi connectivity index (χ2n) is 8.60. The Bertz CT molecular complexity index is 1110. The van der Waals surface area contributed by atoms with Crippen LogP contribution in [0.3, 0.4) is 0 Å². The zero-order valence-electron chi connectivity index (χ0n) is 19.5. The number of allylic oxidation sites excluding steroid dienone is 2. The standard InChI is InChI=1S/C27H32N4O/c1-5-18(3)9-11-23-20(6-2)15-24-26(23)27(30-17-29-24)31-21-10-12-25(19(4)14-21)32-22-8-7-13-28-16-22/h7-8,10,12-14,16-18H,5-6,9,11,15H2,1-4H3,(H,29,30,31). The summed E-state index contributed by atoms with van der Waals surface area (Å²) in [5, 5.41) is 3.56. The molecule has 0 radical (unpaired) electrons. The van der Waals surface area contributed by atoms with Crippen molar-refractivity contribution in [2.75, 3.05) is 5.32 Å². The number of nitrogens with one attached hydrogen (secondary N) is 1. The van der Waals surface area contributed by atoms with Gasteiger partial charge in [-0.1, -0.05) is 32.8 Å². The molecule has 5 heteroatoms. The molecule has 0 bridgehead atoms. The number of aromatic nitrogens is 3. The molecule has 1 unspecified atom stereocenters. The van der Waals surface area contributed by atoms with E-state index in [-0.39, 0.29) is 0 Å². The molecule has 0 saturated heterocycles. The maximum absolute atomic E-state index is 5.98. The van der Waals surface area contributed by atoms with Crippen molar-refractivity contribution in [1.29, 1.82) is 0 Å². The number of benzene rings is 1. The first kappa shape index (κ1) is 22.0. The molecule has 3 aromatic rings. The highest BCUT2D eigenvalue weighted by Crippen LogP contribution is 2.41. The van der Waals surface area contributed by atoms with Gasteiger partial charge in [-0.3, -0.25) is 4.98 Å². The molecule has 32 heavy (non-hydrogen) atoms. The van der Waals surface area contributed by atoms with E-state index in [1.54, 1.807) is 18.7 Å². The summed E-state index contributed by atoms with van der Waals surface area (Å²) in [4.78, 5) is 13.4. The molecular weight excluding hydrogens is 396 g/mol. The van der Waals surface area contributed by atoms with Gasteiger partial charge in [0.15, 0.2) is 0 Å². The van der Waals surface area contributed by atoms with Crippen molar-refractivity contribution >= 4 is 17.1 Å². The second kappa shape index (κ2) is 9.94. The fraction of sp³-hybridized carbons (Fsp3) is 0.370. The van der Waals surface area contributed by atoms with Gasteiger partial charge in [0.1, 0.15) is 23.6 Å². The van der Waals surface area contributed by atoms with Crippen LogP contribution in [0.25, 0.3) is 5.57 Å². The first-order valence-electron chi connectivity index (χ1n) is 11.6. The van der Waals surface area contributed by atoms with Gasteiger partial charge in [0.25, 0.3) is 0 Å². The Morgan fingerprint density at radius 3 is 2.75 bits per heavy atom. The Morgan fingerprint density at radius 1 is 1.16 bits per heavy atom. The van der Waals surface area contributed by atoms with Crippen LogP contribution in [0.4, 0.5) is 11.5 Å². The minimum absolute atomic E-state index is 0.723. The largest absolute Gasteiger partial charge is 0.455 e. The highest BCUT2D eigenvalue weighted by atomic mass is 16.5. The van der Waals surface area contributed by atoms with Gasteiger partial charge in [-0.2, -0.15) is 0 Å². The lowest BCUT2D eigenvalue weighted by molar-refractivity contribution is 0.476. The van der Waals surface area contributed by atoms with Crippen molar-refractivity contribution < 1.29 is 4.74 Å². The Balaban J connectivity index is 1.58. The molecule has 1 aliphatic rings. The molecule has 1 aliphatic carbocycles. The van der Waals surface area contributed by atoms with Crippen LogP contribution in [0.15, 0.2) is 54.6 Å². The Morgan fingerprint density at radius 2 is 2.03 bits per heavy atom. The monoisotopic (exact) mass is 428 g/mol. The van der Waals surface area contributed by atoms with E-state index in [9.17, 15) is 0 Å². The fourth-order valence-electron chi connectivity index (χ4n) is 4.20. The number of rotatable bonds is 9. The van der Waals surface area contributed by atoms with Gasteiger partial charge in [-0.15, -0.1) is 0 Å². The van der Waals surface area contributed by atoms with Crippen LogP contribution < -0.4 is 10.1 Å². The Hall–Kier alpha value is -3.21. The lowest BCUT2D eigenvalue weighted by Gasteiger charge is -2.16. The third kappa shape index (κ3) is 4.82. The molecule has 2 aromatic heterocycles. The zero-order chi connectivity index (χ0) is 22.5. The summed E-state index contributed by atoms with van der Waals surface area (Å²) < 4.78 is 5.98. The number of nitrogens with zero attached hydrogens (tertiary/aromatic N) is 3. The number of pyridine rings is 1. The molecule has 0 fully saturated rings. The molecule has 1 aromatic carbocycles. The van der Waals surface area contributed by atoms with Crippen LogP contribution in [0.1, 0.15) is 63.3 Å². The summed E-state index contributed by atoms with van der Waals surface area (Å²) in [7, 11) is 0. The molecule has 2 heterocycles. The van der Waals surface area contributed by atoms with Gasteiger partial charge in [-0.25, -0.2) is 9.97 Å². The summed E-state index contributed by atoms with van der Waals surface area (Å²) >= 11 is 0. The summed E-state index contributed by atoms with van der Waals surface area (Å²) in [6.45, 7) is 8.90. The minimum atomic E-state index is 0.723. The van der Waals surface area contributed by atoms with E-state index < -0.39 is 0 Å². The lowest BCUT2D eigenvalue weighted by atomic mass is 9.94. The molecule has 0 aliphatic heterocycles. The van der Waals surface area contributed by atoms with Crippen molar-refractivity contribution in [3.8, 4) is 11.5 Å². The molecule has 1 N–H and O–H groups in total. The first-order valence-corrected chi connectivity index (χ1v) is 11.6. The van der Waals surface area contributed by atoms with E-state index in [1.807, 2.05) is 31.2 Å². The van der Waals surface area contributed by atoms with Gasteiger partial charge in [0.05, 0.1) is 11.9 Å². The summed E-state index contributed by atoms with van der Waals surface area (Å²) in [5.74, 6) is 3.17. The normalized spacial score (nSPS) is 13.8. The van der Waals surface area contributed by atoms with Crippen LogP contribution in [0.5, 0.6) is 11.5 Å². The lowest BCUT2D eigenvalue weighted by Crippen LogP contribution is -2.03. The van der Waals surface area contributed by atoms with E-state index in [4.69, 9.17) is 4.74 Å². The number of hydrogen-bond acceptors (Lipinski definition) is 5. The van der Waals surface area contributed by atoms with Gasteiger partial charge in [-0.05, 0) is 73.6 Å². The maximum atomic E-state index is 5.98. The van der Waals surface area contributed by atoms with E-state index in [2.05, 4.69) is 47.1 Å². The van der Waals surface area contributed by atoms with E-state index in [0.717, 1.165) is 59.4 Å². The molecule has 0 saturated carbocycles. The number of ether oxygens (including phenoxy) is 1. The smallest absolute Gasteiger partial charge is 0.145 e. The number of anilines is 2. The van der Waals surface area contributed by atoms with Crippen LogP contribution in [0, 0.1) is 12.8 Å². The van der Waals surface area contributed by atoms with Crippen LogP contribution in [-0.2, 0) is 6.42 Å². The van der Waals surface area contributed by atoms with Crippen LogP contribution in [-0.4, -0.2) is 15.0 Å². The third-order valence-corrected chi connectivity index (χ3v) is 6.35. The Kier molecular flexibility index (Phi) is 6.84. The SMILES string of the molecule is CCC1=C(CCC(C)CC)c2c(ncnc2Nc2ccc(Oc3cccnc3)c(C)c2)C1. The van der Waals surface area contributed by atoms with Crippen LogP contribution >= 0.6 is 0 Å². The van der Waals surface area contributed by atoms with Crippen molar-refractivity contribution in [3.63, 3.8) is 0 Å². The number of hydrogen-bond donors (Lipinski definition) is 1. The average Bonchev–Trinajstić information content (AvgIpc) is 3.18. The average molecular weight is 429 g/mol. The molecule has 166 valence electrons. The first-order chi connectivity index (χ1) is 15.6. The molecular formula is C27H32N4O. The minimum Gasteiger partial charge on any atom is -0.455 e. The van der Waals surface area contributed by atoms with E-state index in [1.165, 1.54) is 29.6 Å². The highest BCUT2D eigenvalue weighted by molar-refractivity contribution is 5.83. The predicted octanol–water partition coefficient (Wildman–Crippen LogP) is 7.26. The zero-order valence-corrected chi connectivity index (χ0v) is 19.5.